The van der Waals surface area contributed by atoms with Gasteiger partial charge in [-0.1, -0.05) is 45.9 Å². The minimum absolute atomic E-state index is 0.206. The zero-order valence-corrected chi connectivity index (χ0v) is 16.7. The van der Waals surface area contributed by atoms with E-state index in [1.54, 1.807) is 24.5 Å². The molecule has 1 aromatic carbocycles. The number of hydrogen-bond acceptors (Lipinski definition) is 4. The van der Waals surface area contributed by atoms with Crippen LogP contribution in [0.3, 0.4) is 0 Å². The Morgan fingerprint density at radius 2 is 1.61 bits per heavy atom. The quantitative estimate of drug-likeness (QED) is 0.579. The molecule has 0 fully saturated rings. The molecule has 2 heterocycles. The molecule has 2 N–H and O–H groups in total. The van der Waals surface area contributed by atoms with Gasteiger partial charge in [0.05, 0.1) is 17.4 Å². The van der Waals surface area contributed by atoms with Gasteiger partial charge in [0.25, 0.3) is 5.91 Å². The van der Waals surface area contributed by atoms with Gasteiger partial charge in [-0.15, -0.1) is 0 Å². The van der Waals surface area contributed by atoms with Crippen LogP contribution in [0.1, 0.15) is 61.0 Å². The molecule has 2 aromatic heterocycles. The molecule has 3 rings (SSSR count). The first-order valence-electron chi connectivity index (χ1n) is 9.53. The van der Waals surface area contributed by atoms with Crippen LogP contribution >= 0.6 is 0 Å². The average Bonchev–Trinajstić information content (AvgIpc) is 2.70. The van der Waals surface area contributed by atoms with Crippen molar-refractivity contribution in [3.05, 3.63) is 77.7 Å². The highest BCUT2D eigenvalue weighted by atomic mass is 16.1. The highest BCUT2D eigenvalue weighted by Crippen LogP contribution is 2.34. The molecule has 5 heteroatoms. The Kier molecular flexibility index (Phi) is 6.04. The number of para-hydroxylation sites is 1. The zero-order valence-electron chi connectivity index (χ0n) is 16.7. The molecular weight excluding hydrogens is 348 g/mol. The van der Waals surface area contributed by atoms with E-state index in [1.165, 1.54) is 17.3 Å². The lowest BCUT2D eigenvalue weighted by Crippen LogP contribution is -2.12. The van der Waals surface area contributed by atoms with Crippen molar-refractivity contribution in [3.63, 3.8) is 0 Å². The third-order valence-corrected chi connectivity index (χ3v) is 4.57. The van der Waals surface area contributed by atoms with Gasteiger partial charge in [0.15, 0.2) is 0 Å². The predicted molar refractivity (Wildman–Crippen MR) is 114 cm³/mol. The molecule has 5 nitrogen and oxygen atoms in total. The highest BCUT2D eigenvalue weighted by Gasteiger charge is 2.14. The molecule has 0 aliphatic heterocycles. The number of aromatic nitrogens is 2. The van der Waals surface area contributed by atoms with Gasteiger partial charge in [-0.3, -0.25) is 9.78 Å². The summed E-state index contributed by atoms with van der Waals surface area (Å²) in [5.74, 6) is 1.34. The van der Waals surface area contributed by atoms with Gasteiger partial charge in [-0.25, -0.2) is 4.98 Å². The molecule has 0 atom stereocenters. The number of rotatable bonds is 6. The Balaban J connectivity index is 1.79. The number of benzene rings is 1. The summed E-state index contributed by atoms with van der Waals surface area (Å²) in [7, 11) is 0. The van der Waals surface area contributed by atoms with Crippen molar-refractivity contribution in [2.75, 3.05) is 10.6 Å². The Morgan fingerprint density at radius 1 is 0.893 bits per heavy atom. The third kappa shape index (κ3) is 4.55. The van der Waals surface area contributed by atoms with Gasteiger partial charge >= 0.3 is 0 Å². The fourth-order valence-corrected chi connectivity index (χ4v) is 3.07. The fourth-order valence-electron chi connectivity index (χ4n) is 3.07. The largest absolute Gasteiger partial charge is 0.340 e. The van der Waals surface area contributed by atoms with Crippen LogP contribution in [0.4, 0.5) is 17.2 Å². The number of nitrogens with zero attached hydrogens (tertiary/aromatic N) is 2. The van der Waals surface area contributed by atoms with Crippen molar-refractivity contribution in [2.45, 2.75) is 39.5 Å². The fraction of sp³-hybridized carbons (Fsp3) is 0.261. The van der Waals surface area contributed by atoms with Gasteiger partial charge in [0.1, 0.15) is 5.82 Å². The second kappa shape index (κ2) is 8.65. The molecule has 0 saturated heterocycles. The van der Waals surface area contributed by atoms with Crippen molar-refractivity contribution in [2.24, 2.45) is 0 Å². The van der Waals surface area contributed by atoms with Crippen LogP contribution in [0.15, 0.2) is 61.1 Å². The lowest BCUT2D eigenvalue weighted by atomic mass is 9.92. The molecular formula is C23H26N4O. The maximum absolute atomic E-state index is 12.2. The Bertz CT molecular complexity index is 908. The summed E-state index contributed by atoms with van der Waals surface area (Å²) in [5.41, 5.74) is 4.80. The van der Waals surface area contributed by atoms with Crippen molar-refractivity contribution in [1.82, 2.24) is 9.97 Å². The molecule has 0 aliphatic rings. The van der Waals surface area contributed by atoms with Gasteiger partial charge in [0.2, 0.25) is 0 Å². The first-order chi connectivity index (χ1) is 13.5. The van der Waals surface area contributed by atoms with Gasteiger partial charge in [0, 0.05) is 18.1 Å². The summed E-state index contributed by atoms with van der Waals surface area (Å²) in [6.07, 6.45) is 4.83. The number of anilines is 3. The number of nitrogens with one attached hydrogen (secondary N) is 2. The second-order valence-corrected chi connectivity index (χ2v) is 7.37. The summed E-state index contributed by atoms with van der Waals surface area (Å²) >= 11 is 0. The molecule has 28 heavy (non-hydrogen) atoms. The van der Waals surface area contributed by atoms with E-state index in [9.17, 15) is 4.79 Å². The van der Waals surface area contributed by atoms with Crippen molar-refractivity contribution in [3.8, 4) is 0 Å². The normalized spacial score (nSPS) is 10.9. The minimum Gasteiger partial charge on any atom is -0.340 e. The van der Waals surface area contributed by atoms with E-state index in [1.807, 2.05) is 12.1 Å². The van der Waals surface area contributed by atoms with Crippen LogP contribution in [0.5, 0.6) is 0 Å². The first kappa shape index (κ1) is 19.5. The van der Waals surface area contributed by atoms with Gasteiger partial charge < -0.3 is 10.6 Å². The van der Waals surface area contributed by atoms with E-state index < -0.39 is 0 Å². The van der Waals surface area contributed by atoms with Crippen molar-refractivity contribution >= 4 is 23.1 Å². The summed E-state index contributed by atoms with van der Waals surface area (Å²) in [5, 5.41) is 6.32. The van der Waals surface area contributed by atoms with Crippen LogP contribution in [-0.2, 0) is 0 Å². The van der Waals surface area contributed by atoms with E-state index in [4.69, 9.17) is 0 Å². The lowest BCUT2D eigenvalue weighted by molar-refractivity contribution is 0.102. The summed E-state index contributed by atoms with van der Waals surface area (Å²) in [6.45, 7) is 8.76. The number of carbonyl (C=O) groups excluding carboxylic acids is 1. The second-order valence-electron chi connectivity index (χ2n) is 7.37. The van der Waals surface area contributed by atoms with E-state index in [0.29, 0.717) is 23.1 Å². The van der Waals surface area contributed by atoms with Crippen molar-refractivity contribution < 1.29 is 4.79 Å². The standard InChI is InChI=1S/C23H26N4O/c1-15(2)19-8-5-9-20(16(3)4)22(19)27-21-11-10-18(14-25-21)26-23(28)17-7-6-12-24-13-17/h5-16H,1-4H3,(H,25,27)(H,26,28). The van der Waals surface area contributed by atoms with Crippen LogP contribution in [0, 0.1) is 0 Å². The minimum atomic E-state index is -0.206. The Labute approximate surface area is 166 Å². The third-order valence-electron chi connectivity index (χ3n) is 4.57. The van der Waals surface area contributed by atoms with Gasteiger partial charge in [-0.2, -0.15) is 0 Å². The maximum Gasteiger partial charge on any atom is 0.257 e. The number of pyridine rings is 2. The summed E-state index contributed by atoms with van der Waals surface area (Å²) in [6, 6.07) is 13.6. The molecule has 144 valence electrons. The average molecular weight is 374 g/mol. The zero-order chi connectivity index (χ0) is 20.1. The molecule has 0 aliphatic carbocycles. The van der Waals surface area contributed by atoms with E-state index >= 15 is 0 Å². The van der Waals surface area contributed by atoms with Crippen LogP contribution < -0.4 is 10.6 Å². The van der Waals surface area contributed by atoms with E-state index in [2.05, 4.69) is 66.5 Å². The SMILES string of the molecule is CC(C)c1cccc(C(C)C)c1Nc1ccc(NC(=O)c2cccnc2)cn1. The van der Waals surface area contributed by atoms with Crippen molar-refractivity contribution in [1.29, 1.82) is 0 Å². The number of hydrogen-bond donors (Lipinski definition) is 2. The monoisotopic (exact) mass is 374 g/mol. The lowest BCUT2D eigenvalue weighted by Gasteiger charge is -2.20. The smallest absolute Gasteiger partial charge is 0.257 e. The molecule has 0 saturated carbocycles. The van der Waals surface area contributed by atoms with Crippen LogP contribution in [0.2, 0.25) is 0 Å². The predicted octanol–water partition coefficient (Wildman–Crippen LogP) is 5.72. The highest BCUT2D eigenvalue weighted by molar-refractivity contribution is 6.03. The molecule has 0 unspecified atom stereocenters. The Morgan fingerprint density at radius 3 is 2.14 bits per heavy atom. The molecule has 0 bridgehead atoms. The summed E-state index contributed by atoms with van der Waals surface area (Å²) < 4.78 is 0. The summed E-state index contributed by atoms with van der Waals surface area (Å²) in [4.78, 5) is 20.7. The van der Waals surface area contributed by atoms with Gasteiger partial charge in [-0.05, 0) is 47.2 Å². The van der Waals surface area contributed by atoms with Crippen LogP contribution in [0.25, 0.3) is 0 Å². The maximum atomic E-state index is 12.2. The first-order valence-corrected chi connectivity index (χ1v) is 9.53. The number of amides is 1. The molecule has 0 radical (unpaired) electrons. The molecule has 3 aromatic rings. The topological polar surface area (TPSA) is 66.9 Å². The molecule has 1 amide bonds. The van der Waals surface area contributed by atoms with E-state index in [-0.39, 0.29) is 5.91 Å². The van der Waals surface area contributed by atoms with E-state index in [0.717, 1.165) is 11.5 Å². The Hall–Kier alpha value is -3.21. The molecule has 0 spiro atoms. The van der Waals surface area contributed by atoms with Crippen LogP contribution in [-0.4, -0.2) is 15.9 Å². The number of carbonyl (C=O) groups is 1.